The predicted molar refractivity (Wildman–Crippen MR) is 60.0 cm³/mol. The smallest absolute Gasteiger partial charge is 0.157 e. The summed E-state index contributed by atoms with van der Waals surface area (Å²) < 4.78 is 1.82. The minimum atomic E-state index is -0.307. The monoisotopic (exact) mass is 224 g/mol. The van der Waals surface area contributed by atoms with E-state index >= 15 is 0 Å². The van der Waals surface area contributed by atoms with E-state index in [2.05, 4.69) is 36.3 Å². The van der Waals surface area contributed by atoms with Crippen LogP contribution in [-0.4, -0.2) is 31.4 Å². The van der Waals surface area contributed by atoms with Gasteiger partial charge in [0, 0.05) is 5.41 Å². The van der Waals surface area contributed by atoms with Crippen molar-refractivity contribution >= 4 is 0 Å². The van der Waals surface area contributed by atoms with Crippen molar-refractivity contribution in [3.05, 3.63) is 5.82 Å². The Morgan fingerprint density at radius 1 is 1.25 bits per heavy atom. The summed E-state index contributed by atoms with van der Waals surface area (Å²) in [7, 11) is 0. The van der Waals surface area contributed by atoms with Crippen LogP contribution in [0.5, 0.6) is 0 Å². The van der Waals surface area contributed by atoms with Crippen LogP contribution < -0.4 is 0 Å². The molecule has 1 aliphatic rings. The zero-order valence-corrected chi connectivity index (χ0v) is 10.2. The Labute approximate surface area is 95.9 Å². The Morgan fingerprint density at radius 3 is 2.56 bits per heavy atom. The van der Waals surface area contributed by atoms with E-state index in [4.69, 9.17) is 0 Å². The Bertz CT molecular complexity index is 355. The van der Waals surface area contributed by atoms with Crippen LogP contribution >= 0.6 is 0 Å². The van der Waals surface area contributed by atoms with Gasteiger partial charge in [0.1, 0.15) is 0 Å². The molecule has 0 aliphatic heterocycles. The lowest BCUT2D eigenvalue weighted by Gasteiger charge is -2.30. The Hall–Kier alpha value is -0.970. The van der Waals surface area contributed by atoms with Gasteiger partial charge in [-0.25, -0.2) is 4.68 Å². The maximum Gasteiger partial charge on any atom is 0.157 e. The fourth-order valence-electron chi connectivity index (χ4n) is 2.29. The molecular weight excluding hydrogens is 204 g/mol. The minimum absolute atomic E-state index is 0.0537. The van der Waals surface area contributed by atoms with Gasteiger partial charge in [0.25, 0.3) is 0 Å². The minimum Gasteiger partial charge on any atom is -0.391 e. The lowest BCUT2D eigenvalue weighted by molar-refractivity contribution is 0.0654. The molecule has 1 heterocycles. The number of hydrogen-bond donors (Lipinski definition) is 1. The van der Waals surface area contributed by atoms with Gasteiger partial charge < -0.3 is 5.11 Å². The van der Waals surface area contributed by atoms with Crippen molar-refractivity contribution in [3.8, 4) is 0 Å². The molecule has 1 N–H and O–H groups in total. The first kappa shape index (κ1) is 11.5. The summed E-state index contributed by atoms with van der Waals surface area (Å²) in [6.07, 6.45) is 3.76. The molecule has 90 valence electrons. The molecular formula is C11H20N4O. The molecule has 1 aromatic heterocycles. The van der Waals surface area contributed by atoms with E-state index in [1.54, 1.807) is 0 Å². The maximum atomic E-state index is 10.0. The average Bonchev–Trinajstić information content (AvgIpc) is 2.66. The third kappa shape index (κ3) is 2.09. The van der Waals surface area contributed by atoms with Crippen LogP contribution in [0, 0.1) is 0 Å². The van der Waals surface area contributed by atoms with Crippen LogP contribution in [0.3, 0.4) is 0 Å². The maximum absolute atomic E-state index is 10.0. The molecule has 0 spiro atoms. The topological polar surface area (TPSA) is 63.8 Å². The number of nitrogens with zero attached hydrogens (tertiary/aromatic N) is 4. The first-order valence-corrected chi connectivity index (χ1v) is 5.96. The van der Waals surface area contributed by atoms with E-state index in [9.17, 15) is 5.11 Å². The van der Waals surface area contributed by atoms with Crippen molar-refractivity contribution in [2.45, 2.75) is 64.0 Å². The Morgan fingerprint density at radius 2 is 1.94 bits per heavy atom. The van der Waals surface area contributed by atoms with Gasteiger partial charge in [0.15, 0.2) is 5.82 Å². The van der Waals surface area contributed by atoms with Gasteiger partial charge in [-0.3, -0.25) is 0 Å². The molecule has 1 fully saturated rings. The molecule has 0 aromatic carbocycles. The van der Waals surface area contributed by atoms with Crippen LogP contribution in [0.4, 0.5) is 0 Å². The molecule has 5 nitrogen and oxygen atoms in total. The predicted octanol–water partition coefficient (Wildman–Crippen LogP) is 1.45. The van der Waals surface area contributed by atoms with Gasteiger partial charge in [-0.15, -0.1) is 5.10 Å². The quantitative estimate of drug-likeness (QED) is 0.784. The van der Waals surface area contributed by atoms with Gasteiger partial charge in [0.2, 0.25) is 0 Å². The Kier molecular flexibility index (Phi) is 2.97. The SMILES string of the molecule is CC(C)(C)c1nnnn1C1CCCCC1O. The summed E-state index contributed by atoms with van der Waals surface area (Å²) in [6, 6.07) is 0.0537. The second-order valence-corrected chi connectivity index (χ2v) is 5.62. The second kappa shape index (κ2) is 4.13. The Balaban J connectivity index is 2.29. The van der Waals surface area contributed by atoms with Crippen molar-refractivity contribution in [2.24, 2.45) is 0 Å². The molecule has 0 amide bonds. The van der Waals surface area contributed by atoms with E-state index in [0.717, 1.165) is 31.5 Å². The van der Waals surface area contributed by atoms with Crippen LogP contribution in [0.25, 0.3) is 0 Å². The first-order valence-electron chi connectivity index (χ1n) is 5.96. The lowest BCUT2D eigenvalue weighted by atomic mass is 9.90. The number of aliphatic hydroxyl groups is 1. The summed E-state index contributed by atoms with van der Waals surface area (Å²) in [5, 5.41) is 21.9. The fraction of sp³-hybridized carbons (Fsp3) is 0.909. The number of aliphatic hydroxyl groups excluding tert-OH is 1. The zero-order valence-electron chi connectivity index (χ0n) is 10.2. The van der Waals surface area contributed by atoms with E-state index < -0.39 is 0 Å². The van der Waals surface area contributed by atoms with Crippen molar-refractivity contribution in [1.29, 1.82) is 0 Å². The van der Waals surface area contributed by atoms with E-state index in [1.807, 2.05) is 4.68 Å². The third-order valence-electron chi connectivity index (χ3n) is 3.17. The molecule has 5 heteroatoms. The number of aromatic nitrogens is 4. The standard InChI is InChI=1S/C11H20N4O/c1-11(2,3)10-12-13-14-15(10)8-6-4-5-7-9(8)16/h8-9,16H,4-7H2,1-3H3. The third-order valence-corrected chi connectivity index (χ3v) is 3.17. The highest BCUT2D eigenvalue weighted by atomic mass is 16.3. The molecule has 0 radical (unpaired) electrons. The molecule has 2 rings (SSSR count). The highest BCUT2D eigenvalue weighted by molar-refractivity contribution is 5.01. The van der Waals surface area contributed by atoms with Gasteiger partial charge in [-0.05, 0) is 23.3 Å². The molecule has 2 atom stereocenters. The summed E-state index contributed by atoms with van der Waals surface area (Å²) in [5.74, 6) is 0.860. The highest BCUT2D eigenvalue weighted by Gasteiger charge is 2.31. The van der Waals surface area contributed by atoms with Gasteiger partial charge >= 0.3 is 0 Å². The fourth-order valence-corrected chi connectivity index (χ4v) is 2.29. The number of hydrogen-bond acceptors (Lipinski definition) is 4. The van der Waals surface area contributed by atoms with Crippen molar-refractivity contribution in [2.75, 3.05) is 0 Å². The lowest BCUT2D eigenvalue weighted by Crippen LogP contribution is -2.32. The number of tetrazole rings is 1. The van der Waals surface area contributed by atoms with Gasteiger partial charge in [-0.2, -0.15) is 0 Å². The van der Waals surface area contributed by atoms with Crippen LogP contribution in [-0.2, 0) is 5.41 Å². The molecule has 0 saturated heterocycles. The van der Waals surface area contributed by atoms with Gasteiger partial charge in [0.05, 0.1) is 12.1 Å². The number of rotatable bonds is 1. The largest absolute Gasteiger partial charge is 0.391 e. The summed E-state index contributed by atoms with van der Waals surface area (Å²) >= 11 is 0. The summed E-state index contributed by atoms with van der Waals surface area (Å²) in [6.45, 7) is 6.26. The highest BCUT2D eigenvalue weighted by Crippen LogP contribution is 2.31. The molecule has 1 aliphatic carbocycles. The first-order chi connectivity index (χ1) is 7.50. The normalized spacial score (nSPS) is 27.0. The molecule has 1 saturated carbocycles. The van der Waals surface area contributed by atoms with Crippen molar-refractivity contribution in [3.63, 3.8) is 0 Å². The van der Waals surface area contributed by atoms with Crippen LogP contribution in [0.15, 0.2) is 0 Å². The summed E-state index contributed by atoms with van der Waals surface area (Å²) in [5.41, 5.74) is -0.0827. The van der Waals surface area contributed by atoms with Crippen LogP contribution in [0.1, 0.15) is 58.3 Å². The van der Waals surface area contributed by atoms with Crippen LogP contribution in [0.2, 0.25) is 0 Å². The molecule has 0 bridgehead atoms. The van der Waals surface area contributed by atoms with Crippen molar-refractivity contribution in [1.82, 2.24) is 20.2 Å². The average molecular weight is 224 g/mol. The molecule has 2 unspecified atom stereocenters. The van der Waals surface area contributed by atoms with Gasteiger partial charge in [-0.1, -0.05) is 33.6 Å². The molecule has 16 heavy (non-hydrogen) atoms. The van der Waals surface area contributed by atoms with E-state index in [1.165, 1.54) is 0 Å². The zero-order chi connectivity index (χ0) is 11.8. The summed E-state index contributed by atoms with van der Waals surface area (Å²) in [4.78, 5) is 0. The molecule has 1 aromatic rings. The van der Waals surface area contributed by atoms with Crippen molar-refractivity contribution < 1.29 is 5.11 Å². The van der Waals surface area contributed by atoms with E-state index in [-0.39, 0.29) is 17.6 Å². The van der Waals surface area contributed by atoms with E-state index in [0.29, 0.717) is 0 Å². The second-order valence-electron chi connectivity index (χ2n) is 5.62.